The van der Waals surface area contributed by atoms with E-state index in [1.165, 1.54) is 11.1 Å². The molecule has 1 aliphatic rings. The van der Waals surface area contributed by atoms with E-state index in [2.05, 4.69) is 6.07 Å². The third-order valence-corrected chi connectivity index (χ3v) is 3.03. The number of hydrogen-bond donors (Lipinski definition) is 1. The van der Waals surface area contributed by atoms with Crippen LogP contribution in [0.1, 0.15) is 29.9 Å². The van der Waals surface area contributed by atoms with Gasteiger partial charge in [-0.25, -0.2) is 0 Å². The maximum atomic E-state index is 9.26. The second-order valence-corrected chi connectivity index (χ2v) is 3.80. The van der Waals surface area contributed by atoms with E-state index >= 15 is 0 Å². The number of methoxy groups -OCH3 is 1. The number of hydrogen-bond acceptors (Lipinski definition) is 2. The maximum Gasteiger partial charge on any atom is 0.122 e. The fraction of sp³-hybridized carbons (Fsp3) is 0.500. The van der Waals surface area contributed by atoms with Crippen molar-refractivity contribution in [3.63, 3.8) is 0 Å². The number of aliphatic hydroxyl groups is 1. The van der Waals surface area contributed by atoms with Crippen molar-refractivity contribution in [1.82, 2.24) is 0 Å². The van der Waals surface area contributed by atoms with Crippen LogP contribution in [0.25, 0.3) is 0 Å². The van der Waals surface area contributed by atoms with Crippen molar-refractivity contribution in [3.8, 4) is 5.75 Å². The van der Waals surface area contributed by atoms with Crippen LogP contribution in [0.15, 0.2) is 18.2 Å². The molecule has 0 saturated heterocycles. The van der Waals surface area contributed by atoms with E-state index in [1.54, 1.807) is 7.11 Å². The highest BCUT2D eigenvalue weighted by Gasteiger charge is 2.21. The second-order valence-electron chi connectivity index (χ2n) is 3.80. The number of benzene rings is 1. The molecule has 2 heteroatoms. The topological polar surface area (TPSA) is 29.5 Å². The first-order valence-corrected chi connectivity index (χ1v) is 5.13. The molecule has 0 bridgehead atoms. The molecule has 0 amide bonds. The molecule has 0 aromatic heterocycles. The minimum Gasteiger partial charge on any atom is -0.496 e. The molecule has 0 spiro atoms. The third kappa shape index (κ3) is 1.50. The summed E-state index contributed by atoms with van der Waals surface area (Å²) in [7, 11) is 1.71. The Hall–Kier alpha value is -1.02. The molecule has 1 unspecified atom stereocenters. The molecule has 2 rings (SSSR count). The Morgan fingerprint density at radius 3 is 3.07 bits per heavy atom. The van der Waals surface area contributed by atoms with Crippen LogP contribution in [0.2, 0.25) is 0 Å². The highest BCUT2D eigenvalue weighted by molar-refractivity contribution is 5.43. The van der Waals surface area contributed by atoms with E-state index in [0.29, 0.717) is 5.92 Å². The van der Waals surface area contributed by atoms with Gasteiger partial charge in [-0.3, -0.25) is 0 Å². The lowest BCUT2D eigenvalue weighted by Gasteiger charge is -2.25. The fourth-order valence-corrected chi connectivity index (χ4v) is 2.29. The molecule has 0 heterocycles. The molecule has 0 fully saturated rings. The molecule has 1 aromatic carbocycles. The predicted molar refractivity (Wildman–Crippen MR) is 55.8 cm³/mol. The van der Waals surface area contributed by atoms with Gasteiger partial charge in [0.25, 0.3) is 0 Å². The summed E-state index contributed by atoms with van der Waals surface area (Å²) in [6.45, 7) is 0.250. The van der Waals surface area contributed by atoms with Crippen molar-refractivity contribution >= 4 is 0 Å². The zero-order valence-electron chi connectivity index (χ0n) is 8.49. The van der Waals surface area contributed by atoms with E-state index < -0.39 is 0 Å². The quantitative estimate of drug-likeness (QED) is 0.777. The van der Waals surface area contributed by atoms with Gasteiger partial charge in [-0.2, -0.15) is 0 Å². The van der Waals surface area contributed by atoms with Crippen LogP contribution in [0, 0.1) is 0 Å². The normalized spacial score (nSPS) is 20.3. The van der Waals surface area contributed by atoms with E-state index in [-0.39, 0.29) is 6.61 Å². The molecule has 0 saturated carbocycles. The van der Waals surface area contributed by atoms with E-state index in [0.717, 1.165) is 25.0 Å². The Balaban J connectivity index is 2.43. The predicted octanol–water partition coefficient (Wildman–Crippen LogP) is 2.11. The summed E-state index contributed by atoms with van der Waals surface area (Å²) in [5.41, 5.74) is 2.57. The second kappa shape index (κ2) is 4.01. The van der Waals surface area contributed by atoms with Gasteiger partial charge in [0.15, 0.2) is 0 Å². The first-order valence-electron chi connectivity index (χ1n) is 5.13. The highest BCUT2D eigenvalue weighted by Crippen LogP contribution is 2.35. The molecule has 1 aromatic rings. The van der Waals surface area contributed by atoms with Gasteiger partial charge in [0.2, 0.25) is 0 Å². The van der Waals surface area contributed by atoms with Gasteiger partial charge < -0.3 is 9.84 Å². The molecule has 0 aliphatic heterocycles. The van der Waals surface area contributed by atoms with Crippen molar-refractivity contribution in [2.75, 3.05) is 13.7 Å². The van der Waals surface area contributed by atoms with Crippen LogP contribution < -0.4 is 4.74 Å². The van der Waals surface area contributed by atoms with Crippen LogP contribution in [-0.2, 0) is 6.42 Å². The summed E-state index contributed by atoms with van der Waals surface area (Å²) in [4.78, 5) is 0. The Morgan fingerprint density at radius 1 is 1.50 bits per heavy atom. The van der Waals surface area contributed by atoms with E-state index in [1.807, 2.05) is 12.1 Å². The van der Waals surface area contributed by atoms with Crippen molar-refractivity contribution in [2.45, 2.75) is 25.2 Å². The van der Waals surface area contributed by atoms with Gasteiger partial charge in [-0.05, 0) is 36.5 Å². The largest absolute Gasteiger partial charge is 0.496 e. The Bertz CT molecular complexity index is 320. The van der Waals surface area contributed by atoms with Gasteiger partial charge in [0, 0.05) is 12.5 Å². The van der Waals surface area contributed by atoms with Crippen molar-refractivity contribution < 1.29 is 9.84 Å². The van der Waals surface area contributed by atoms with Crippen LogP contribution in [0.3, 0.4) is 0 Å². The number of fused-ring (bicyclic) bond motifs is 1. The minimum atomic E-state index is 0.250. The monoisotopic (exact) mass is 192 g/mol. The minimum absolute atomic E-state index is 0.250. The molecule has 1 N–H and O–H groups in total. The van der Waals surface area contributed by atoms with Crippen molar-refractivity contribution in [1.29, 1.82) is 0 Å². The summed E-state index contributed by atoms with van der Waals surface area (Å²) >= 11 is 0. The molecule has 1 atom stereocenters. The SMILES string of the molecule is COc1cccc2c1CCCC2CO. The summed E-state index contributed by atoms with van der Waals surface area (Å²) in [6.07, 6.45) is 3.32. The summed E-state index contributed by atoms with van der Waals surface area (Å²) in [5.74, 6) is 1.29. The lowest BCUT2D eigenvalue weighted by molar-refractivity contribution is 0.252. The van der Waals surface area contributed by atoms with E-state index in [9.17, 15) is 5.11 Å². The van der Waals surface area contributed by atoms with Crippen molar-refractivity contribution in [2.24, 2.45) is 0 Å². The number of rotatable bonds is 2. The Labute approximate surface area is 84.5 Å². The van der Waals surface area contributed by atoms with Gasteiger partial charge >= 0.3 is 0 Å². The molecular formula is C12H16O2. The molecular weight excluding hydrogens is 176 g/mol. The molecule has 1 aliphatic carbocycles. The zero-order chi connectivity index (χ0) is 9.97. The third-order valence-electron chi connectivity index (χ3n) is 3.03. The maximum absolute atomic E-state index is 9.26. The molecule has 14 heavy (non-hydrogen) atoms. The number of aliphatic hydroxyl groups excluding tert-OH is 1. The van der Waals surface area contributed by atoms with Gasteiger partial charge in [-0.1, -0.05) is 12.1 Å². The standard InChI is InChI=1S/C12H16O2/c1-14-12-7-3-5-10-9(8-13)4-2-6-11(10)12/h3,5,7,9,13H,2,4,6,8H2,1H3. The zero-order valence-corrected chi connectivity index (χ0v) is 8.49. The lowest BCUT2D eigenvalue weighted by Crippen LogP contribution is -2.13. The van der Waals surface area contributed by atoms with Crippen LogP contribution in [0.5, 0.6) is 5.75 Å². The fourth-order valence-electron chi connectivity index (χ4n) is 2.29. The first-order chi connectivity index (χ1) is 6.86. The van der Waals surface area contributed by atoms with Gasteiger partial charge in [-0.15, -0.1) is 0 Å². The summed E-state index contributed by atoms with van der Waals surface area (Å²) in [5, 5.41) is 9.26. The van der Waals surface area contributed by atoms with Crippen LogP contribution in [-0.4, -0.2) is 18.8 Å². The van der Waals surface area contributed by atoms with Gasteiger partial charge in [0.05, 0.1) is 7.11 Å². The number of ether oxygens (including phenoxy) is 1. The molecule has 0 radical (unpaired) electrons. The first kappa shape index (κ1) is 9.53. The average molecular weight is 192 g/mol. The van der Waals surface area contributed by atoms with Gasteiger partial charge in [0.1, 0.15) is 5.75 Å². The summed E-state index contributed by atoms with van der Waals surface area (Å²) in [6, 6.07) is 6.11. The van der Waals surface area contributed by atoms with Crippen LogP contribution >= 0.6 is 0 Å². The molecule has 2 nitrogen and oxygen atoms in total. The highest BCUT2D eigenvalue weighted by atomic mass is 16.5. The smallest absolute Gasteiger partial charge is 0.122 e. The van der Waals surface area contributed by atoms with E-state index in [4.69, 9.17) is 4.74 Å². The van der Waals surface area contributed by atoms with Crippen LogP contribution in [0.4, 0.5) is 0 Å². The Morgan fingerprint density at radius 2 is 2.36 bits per heavy atom. The van der Waals surface area contributed by atoms with Crippen molar-refractivity contribution in [3.05, 3.63) is 29.3 Å². The summed E-state index contributed by atoms with van der Waals surface area (Å²) < 4.78 is 5.32. The lowest BCUT2D eigenvalue weighted by atomic mass is 9.83. The average Bonchev–Trinajstić information content (AvgIpc) is 2.27. The molecule has 76 valence electrons. The Kier molecular flexibility index (Phi) is 2.73.